The molecule has 3 aliphatic carbocycles. The summed E-state index contributed by atoms with van der Waals surface area (Å²) in [7, 11) is 0. The van der Waals surface area contributed by atoms with Crippen molar-refractivity contribution in [1.29, 1.82) is 0 Å². The fourth-order valence-electron chi connectivity index (χ4n) is 6.07. The molecule has 2 N–H and O–H groups in total. The van der Waals surface area contributed by atoms with Gasteiger partial charge in [0, 0.05) is 12.5 Å². The number of amides is 1. The van der Waals surface area contributed by atoms with Crippen LogP contribution in [0.2, 0.25) is 0 Å². The Bertz CT molecular complexity index is 939. The van der Waals surface area contributed by atoms with Crippen LogP contribution in [0.5, 0.6) is 0 Å². The molecule has 3 aliphatic rings. The number of hydrogen-bond acceptors (Lipinski definition) is 3. The van der Waals surface area contributed by atoms with Crippen LogP contribution < -0.4 is 5.32 Å². The Morgan fingerprint density at radius 2 is 1.55 bits per heavy atom. The van der Waals surface area contributed by atoms with Crippen molar-refractivity contribution in [2.75, 3.05) is 13.2 Å². The molecule has 2 aromatic carbocycles. The highest BCUT2D eigenvalue weighted by Crippen LogP contribution is 2.55. The Morgan fingerprint density at radius 3 is 2.13 bits per heavy atom. The molecule has 0 bridgehead atoms. The minimum absolute atomic E-state index is 0.0783. The van der Waals surface area contributed by atoms with Gasteiger partial charge in [0.1, 0.15) is 6.61 Å². The predicted molar refractivity (Wildman–Crippen MR) is 118 cm³/mol. The second-order valence-corrected chi connectivity index (χ2v) is 9.59. The summed E-state index contributed by atoms with van der Waals surface area (Å²) in [4.78, 5) is 23.5. The van der Waals surface area contributed by atoms with Crippen LogP contribution in [0.4, 0.5) is 4.79 Å². The molecular weight excluding hydrogens is 390 g/mol. The van der Waals surface area contributed by atoms with Crippen LogP contribution in [0.15, 0.2) is 48.5 Å². The summed E-state index contributed by atoms with van der Waals surface area (Å²) in [5.74, 6) is -0.261. The van der Waals surface area contributed by atoms with E-state index in [-0.39, 0.29) is 17.9 Å². The standard InChI is InChI=1S/C26H29NO4/c28-24(29)18-9-11-26(12-10-18)13-17(14-26)15-27-25(30)31-16-23-21-7-3-1-5-19(21)20-6-2-4-8-22(20)23/h1-8,17-18,23H,9-16H2,(H,27,30)(H,28,29). The maximum atomic E-state index is 12.4. The van der Waals surface area contributed by atoms with Crippen molar-refractivity contribution < 1.29 is 19.4 Å². The summed E-state index contributed by atoms with van der Waals surface area (Å²) in [6.45, 7) is 0.978. The maximum absolute atomic E-state index is 12.4. The average molecular weight is 420 g/mol. The topological polar surface area (TPSA) is 75.6 Å². The number of ether oxygens (including phenoxy) is 1. The summed E-state index contributed by atoms with van der Waals surface area (Å²) in [5.41, 5.74) is 5.21. The molecule has 0 radical (unpaired) electrons. The fourth-order valence-corrected chi connectivity index (χ4v) is 6.07. The molecule has 2 aromatic rings. The smallest absolute Gasteiger partial charge is 0.407 e. The van der Waals surface area contributed by atoms with E-state index in [0.29, 0.717) is 24.5 Å². The number of aliphatic carboxylic acids is 1. The van der Waals surface area contributed by atoms with Gasteiger partial charge in [-0.25, -0.2) is 4.79 Å². The SMILES string of the molecule is O=C(NCC1CC2(CCC(C(=O)O)CC2)C1)OCC1c2ccccc2-c2ccccc21. The van der Waals surface area contributed by atoms with Crippen LogP contribution in [0.1, 0.15) is 55.6 Å². The Balaban J connectivity index is 1.10. The maximum Gasteiger partial charge on any atom is 0.407 e. The molecule has 1 amide bonds. The van der Waals surface area contributed by atoms with Crippen molar-refractivity contribution in [3.63, 3.8) is 0 Å². The first kappa shape index (κ1) is 20.1. The summed E-state index contributed by atoms with van der Waals surface area (Å²) >= 11 is 0. The van der Waals surface area contributed by atoms with Gasteiger partial charge in [0.25, 0.3) is 0 Å². The lowest BCUT2D eigenvalue weighted by Gasteiger charge is -2.51. The largest absolute Gasteiger partial charge is 0.481 e. The van der Waals surface area contributed by atoms with Gasteiger partial charge in [0.2, 0.25) is 0 Å². The Kier molecular flexibility index (Phi) is 5.20. The van der Waals surface area contributed by atoms with Gasteiger partial charge in [-0.3, -0.25) is 4.79 Å². The first-order chi connectivity index (χ1) is 15.0. The lowest BCUT2D eigenvalue weighted by molar-refractivity contribution is -0.144. The van der Waals surface area contributed by atoms with Crippen LogP contribution in [-0.4, -0.2) is 30.3 Å². The first-order valence-electron chi connectivity index (χ1n) is 11.4. The normalized spacial score (nSPS) is 26.6. The lowest BCUT2D eigenvalue weighted by atomic mass is 9.54. The van der Waals surface area contributed by atoms with Crippen LogP contribution in [-0.2, 0) is 9.53 Å². The number of rotatable bonds is 5. The van der Waals surface area contributed by atoms with E-state index in [0.717, 1.165) is 38.5 Å². The second-order valence-electron chi connectivity index (χ2n) is 9.59. The molecule has 2 saturated carbocycles. The molecule has 0 atom stereocenters. The minimum atomic E-state index is -0.650. The highest BCUT2D eigenvalue weighted by Gasteiger charge is 2.46. The van der Waals surface area contributed by atoms with Crippen LogP contribution in [0.25, 0.3) is 11.1 Å². The van der Waals surface area contributed by atoms with Gasteiger partial charge < -0.3 is 15.2 Å². The Morgan fingerprint density at radius 1 is 0.968 bits per heavy atom. The van der Waals surface area contributed by atoms with E-state index in [1.54, 1.807) is 0 Å². The molecule has 162 valence electrons. The lowest BCUT2D eigenvalue weighted by Crippen LogP contribution is -2.45. The van der Waals surface area contributed by atoms with Crippen molar-refractivity contribution in [3.05, 3.63) is 59.7 Å². The van der Waals surface area contributed by atoms with E-state index >= 15 is 0 Å². The monoisotopic (exact) mass is 419 g/mol. The zero-order valence-corrected chi connectivity index (χ0v) is 17.7. The van der Waals surface area contributed by atoms with Gasteiger partial charge in [-0.05, 0) is 72.1 Å². The highest BCUT2D eigenvalue weighted by atomic mass is 16.5. The predicted octanol–water partition coefficient (Wildman–Crippen LogP) is 5.20. The van der Waals surface area contributed by atoms with Crippen LogP contribution >= 0.6 is 0 Å². The van der Waals surface area contributed by atoms with Crippen molar-refractivity contribution in [1.82, 2.24) is 5.32 Å². The summed E-state index contributed by atoms with van der Waals surface area (Å²) in [6, 6.07) is 16.7. The molecule has 5 heteroatoms. The summed E-state index contributed by atoms with van der Waals surface area (Å²) in [5, 5.41) is 12.1. The van der Waals surface area contributed by atoms with E-state index in [4.69, 9.17) is 4.74 Å². The van der Waals surface area contributed by atoms with Crippen molar-refractivity contribution in [3.8, 4) is 11.1 Å². The molecule has 5 nitrogen and oxygen atoms in total. The Labute approximate surface area is 182 Å². The van der Waals surface area contributed by atoms with Crippen LogP contribution in [0.3, 0.4) is 0 Å². The average Bonchev–Trinajstić information content (AvgIpc) is 3.09. The van der Waals surface area contributed by atoms with Gasteiger partial charge in [0.15, 0.2) is 0 Å². The first-order valence-corrected chi connectivity index (χ1v) is 11.4. The number of carboxylic acids is 1. The van der Waals surface area contributed by atoms with Crippen molar-refractivity contribution >= 4 is 12.1 Å². The number of nitrogens with one attached hydrogen (secondary N) is 1. The molecule has 0 aliphatic heterocycles. The molecule has 1 spiro atoms. The van der Waals surface area contributed by atoms with Gasteiger partial charge >= 0.3 is 12.1 Å². The molecule has 31 heavy (non-hydrogen) atoms. The highest BCUT2D eigenvalue weighted by molar-refractivity contribution is 5.79. The van der Waals surface area contributed by atoms with Crippen LogP contribution in [0, 0.1) is 17.3 Å². The van der Waals surface area contributed by atoms with E-state index in [1.807, 2.05) is 24.3 Å². The number of fused-ring (bicyclic) bond motifs is 3. The zero-order chi connectivity index (χ0) is 21.4. The van der Waals surface area contributed by atoms with Gasteiger partial charge in [0.05, 0.1) is 5.92 Å². The van der Waals surface area contributed by atoms with E-state index in [9.17, 15) is 14.7 Å². The fraction of sp³-hybridized carbons (Fsp3) is 0.462. The molecule has 5 rings (SSSR count). The van der Waals surface area contributed by atoms with E-state index in [2.05, 4.69) is 29.6 Å². The number of carbonyl (C=O) groups is 2. The molecule has 2 fully saturated rings. The number of hydrogen-bond donors (Lipinski definition) is 2. The third-order valence-corrected chi connectivity index (χ3v) is 7.72. The molecule has 0 saturated heterocycles. The van der Waals surface area contributed by atoms with Gasteiger partial charge in [-0.15, -0.1) is 0 Å². The molecule has 0 aromatic heterocycles. The third kappa shape index (κ3) is 3.82. The summed E-state index contributed by atoms with van der Waals surface area (Å²) < 4.78 is 5.62. The zero-order valence-electron chi connectivity index (χ0n) is 17.7. The van der Waals surface area contributed by atoms with Crippen molar-refractivity contribution in [2.24, 2.45) is 17.3 Å². The Hall–Kier alpha value is -2.82. The second kappa shape index (κ2) is 8.03. The van der Waals surface area contributed by atoms with Gasteiger partial charge in [-0.2, -0.15) is 0 Å². The van der Waals surface area contributed by atoms with Crippen molar-refractivity contribution in [2.45, 2.75) is 44.4 Å². The van der Waals surface area contributed by atoms with Gasteiger partial charge in [-0.1, -0.05) is 48.5 Å². The van der Waals surface area contributed by atoms with E-state index in [1.165, 1.54) is 22.3 Å². The number of alkyl carbamates (subject to hydrolysis) is 1. The van der Waals surface area contributed by atoms with E-state index < -0.39 is 5.97 Å². The summed E-state index contributed by atoms with van der Waals surface area (Å²) in [6.07, 6.45) is 5.42. The third-order valence-electron chi connectivity index (χ3n) is 7.72. The quantitative estimate of drug-likeness (QED) is 0.699. The molecule has 0 unspecified atom stereocenters. The number of carboxylic acid groups (broad SMARTS) is 1. The molecular formula is C26H29NO4. The minimum Gasteiger partial charge on any atom is -0.481 e. The molecule has 0 heterocycles. The number of carbonyl (C=O) groups excluding carboxylic acids is 1. The number of benzene rings is 2.